The molecule has 0 aromatic heterocycles. The molecule has 118 valence electrons. The molecule has 1 N–H and O–H groups in total. The van der Waals surface area contributed by atoms with Crippen LogP contribution in [0.1, 0.15) is 43.5 Å². The SMILES string of the molecule is CCCCC(C)NC(=O)c1cc(F)c(Br)c(S(=O)(=O)Cl)c1. The van der Waals surface area contributed by atoms with Crippen LogP contribution < -0.4 is 5.32 Å². The summed E-state index contributed by atoms with van der Waals surface area (Å²) in [4.78, 5) is 11.6. The van der Waals surface area contributed by atoms with Crippen molar-refractivity contribution >= 4 is 41.6 Å². The number of hydrogen-bond acceptors (Lipinski definition) is 3. The topological polar surface area (TPSA) is 63.2 Å². The highest BCUT2D eigenvalue weighted by atomic mass is 79.9. The van der Waals surface area contributed by atoms with Gasteiger partial charge in [0.25, 0.3) is 15.0 Å². The van der Waals surface area contributed by atoms with E-state index in [9.17, 15) is 17.6 Å². The zero-order valence-corrected chi connectivity index (χ0v) is 14.8. The maximum Gasteiger partial charge on any atom is 0.262 e. The molecule has 0 heterocycles. The van der Waals surface area contributed by atoms with Crippen LogP contribution in [0.4, 0.5) is 4.39 Å². The summed E-state index contributed by atoms with van der Waals surface area (Å²) < 4.78 is 36.2. The van der Waals surface area contributed by atoms with E-state index < -0.39 is 25.7 Å². The minimum absolute atomic E-state index is 0.0831. The Morgan fingerprint density at radius 2 is 2.10 bits per heavy atom. The van der Waals surface area contributed by atoms with Gasteiger partial charge >= 0.3 is 0 Å². The minimum atomic E-state index is -4.15. The van der Waals surface area contributed by atoms with E-state index >= 15 is 0 Å². The van der Waals surface area contributed by atoms with Crippen molar-refractivity contribution in [1.29, 1.82) is 0 Å². The second kappa shape index (κ2) is 7.56. The zero-order valence-electron chi connectivity index (χ0n) is 11.6. The molecule has 0 saturated heterocycles. The van der Waals surface area contributed by atoms with Gasteiger partial charge < -0.3 is 5.32 Å². The average molecular weight is 401 g/mol. The zero-order chi connectivity index (χ0) is 16.2. The molecule has 1 aromatic rings. The second-order valence-electron chi connectivity index (χ2n) is 4.72. The number of unbranched alkanes of at least 4 members (excludes halogenated alkanes) is 1. The molecule has 1 amide bonds. The predicted octanol–water partition coefficient (Wildman–Crippen LogP) is 3.82. The van der Waals surface area contributed by atoms with Crippen LogP contribution in [0.2, 0.25) is 0 Å². The normalized spacial score (nSPS) is 13.0. The van der Waals surface area contributed by atoms with Gasteiger partial charge in [-0.2, -0.15) is 0 Å². The van der Waals surface area contributed by atoms with Gasteiger partial charge in [0, 0.05) is 22.3 Å². The van der Waals surface area contributed by atoms with Gasteiger partial charge in [-0.05, 0) is 41.4 Å². The number of benzene rings is 1. The standard InChI is InChI=1S/C13H16BrClFNO3S/c1-3-4-5-8(2)17-13(18)9-6-10(16)12(14)11(7-9)21(15,19)20/h6-8H,3-5H2,1-2H3,(H,17,18). The van der Waals surface area contributed by atoms with Crippen LogP contribution in [0.15, 0.2) is 21.5 Å². The Hall–Kier alpha value is -0.660. The van der Waals surface area contributed by atoms with Crippen molar-refractivity contribution in [2.45, 2.75) is 44.0 Å². The monoisotopic (exact) mass is 399 g/mol. The number of rotatable bonds is 6. The molecule has 8 heteroatoms. The molecule has 0 aliphatic rings. The highest BCUT2D eigenvalue weighted by Gasteiger charge is 2.21. The van der Waals surface area contributed by atoms with Crippen LogP contribution in [-0.4, -0.2) is 20.4 Å². The van der Waals surface area contributed by atoms with Crippen LogP contribution in [0.3, 0.4) is 0 Å². The molecule has 1 atom stereocenters. The van der Waals surface area contributed by atoms with Crippen LogP contribution in [-0.2, 0) is 9.05 Å². The van der Waals surface area contributed by atoms with E-state index in [1.165, 1.54) is 0 Å². The fraction of sp³-hybridized carbons (Fsp3) is 0.462. The molecule has 0 saturated carbocycles. The molecule has 4 nitrogen and oxygen atoms in total. The number of amides is 1. The number of halogens is 3. The van der Waals surface area contributed by atoms with Crippen molar-refractivity contribution in [1.82, 2.24) is 5.32 Å². The third-order valence-electron chi connectivity index (χ3n) is 2.89. The lowest BCUT2D eigenvalue weighted by Crippen LogP contribution is -2.32. The fourth-order valence-corrected chi connectivity index (χ4v) is 3.85. The van der Waals surface area contributed by atoms with Crippen molar-refractivity contribution < 1.29 is 17.6 Å². The van der Waals surface area contributed by atoms with Gasteiger partial charge in [0.1, 0.15) is 10.7 Å². The van der Waals surface area contributed by atoms with Crippen LogP contribution >= 0.6 is 26.6 Å². The van der Waals surface area contributed by atoms with Gasteiger partial charge in [-0.3, -0.25) is 4.79 Å². The van der Waals surface area contributed by atoms with Crippen molar-refractivity contribution in [2.24, 2.45) is 0 Å². The number of hydrogen-bond donors (Lipinski definition) is 1. The Labute approximate surface area is 136 Å². The Bertz CT molecular complexity index is 637. The van der Waals surface area contributed by atoms with Crippen molar-refractivity contribution in [3.63, 3.8) is 0 Å². The largest absolute Gasteiger partial charge is 0.350 e. The highest BCUT2D eigenvalue weighted by Crippen LogP contribution is 2.29. The third-order valence-corrected chi connectivity index (χ3v) is 5.30. The summed E-state index contributed by atoms with van der Waals surface area (Å²) >= 11 is 2.81. The van der Waals surface area contributed by atoms with Crippen molar-refractivity contribution in [3.8, 4) is 0 Å². The summed E-state index contributed by atoms with van der Waals surface area (Å²) in [5, 5.41) is 2.70. The molecule has 1 aromatic carbocycles. The van der Waals surface area contributed by atoms with Gasteiger partial charge in [0.05, 0.1) is 4.47 Å². The molecule has 1 rings (SSSR count). The summed E-state index contributed by atoms with van der Waals surface area (Å²) in [5.41, 5.74) is -0.0849. The van der Waals surface area contributed by atoms with Gasteiger partial charge in [0.15, 0.2) is 0 Å². The van der Waals surface area contributed by atoms with Gasteiger partial charge in [-0.25, -0.2) is 12.8 Å². The van der Waals surface area contributed by atoms with E-state index in [0.29, 0.717) is 0 Å². The van der Waals surface area contributed by atoms with E-state index in [2.05, 4.69) is 21.2 Å². The molecule has 21 heavy (non-hydrogen) atoms. The first kappa shape index (κ1) is 18.4. The molecule has 0 bridgehead atoms. The quantitative estimate of drug-likeness (QED) is 0.738. The van der Waals surface area contributed by atoms with Gasteiger partial charge in [-0.1, -0.05) is 19.8 Å². The first-order valence-corrected chi connectivity index (χ1v) is 9.51. The highest BCUT2D eigenvalue weighted by molar-refractivity contribution is 9.10. The molecule has 0 aliphatic carbocycles. The number of nitrogens with one attached hydrogen (secondary N) is 1. The Kier molecular flexibility index (Phi) is 6.62. The maximum atomic E-state index is 13.7. The summed E-state index contributed by atoms with van der Waals surface area (Å²) in [6, 6.07) is 1.94. The molecule has 0 aliphatic heterocycles. The van der Waals surface area contributed by atoms with E-state index in [-0.39, 0.29) is 16.1 Å². The van der Waals surface area contributed by atoms with Crippen molar-refractivity contribution in [2.75, 3.05) is 0 Å². The molecule has 0 radical (unpaired) electrons. The summed E-state index contributed by atoms with van der Waals surface area (Å²) in [6.07, 6.45) is 2.75. The van der Waals surface area contributed by atoms with E-state index in [1.54, 1.807) is 0 Å². The molecule has 1 unspecified atom stereocenters. The van der Waals surface area contributed by atoms with Gasteiger partial charge in [0.2, 0.25) is 0 Å². The number of carbonyl (C=O) groups is 1. The Balaban J connectivity index is 3.04. The van der Waals surface area contributed by atoms with Crippen molar-refractivity contribution in [3.05, 3.63) is 28.0 Å². The Morgan fingerprint density at radius 3 is 2.62 bits per heavy atom. The van der Waals surface area contributed by atoms with Crippen LogP contribution in [0, 0.1) is 5.82 Å². The summed E-state index contributed by atoms with van der Waals surface area (Å²) in [5.74, 6) is -1.39. The molecular weight excluding hydrogens is 385 g/mol. The molecular formula is C13H16BrClFNO3S. The summed E-state index contributed by atoms with van der Waals surface area (Å²) in [7, 11) is 1.08. The van der Waals surface area contributed by atoms with E-state index in [0.717, 1.165) is 31.4 Å². The van der Waals surface area contributed by atoms with Crippen LogP contribution in [0.5, 0.6) is 0 Å². The van der Waals surface area contributed by atoms with Gasteiger partial charge in [-0.15, -0.1) is 0 Å². The maximum absolute atomic E-state index is 13.7. The second-order valence-corrected chi connectivity index (χ2v) is 8.05. The lowest BCUT2D eigenvalue weighted by Gasteiger charge is -2.14. The third kappa shape index (κ3) is 5.23. The van der Waals surface area contributed by atoms with E-state index in [1.807, 2.05) is 13.8 Å². The average Bonchev–Trinajstić information content (AvgIpc) is 2.37. The smallest absolute Gasteiger partial charge is 0.262 e. The number of carbonyl (C=O) groups excluding carboxylic acids is 1. The molecule has 0 fully saturated rings. The summed E-state index contributed by atoms with van der Waals surface area (Å²) in [6.45, 7) is 3.87. The Morgan fingerprint density at radius 1 is 1.48 bits per heavy atom. The first-order chi connectivity index (χ1) is 9.66. The predicted molar refractivity (Wildman–Crippen MR) is 83.6 cm³/mol. The lowest BCUT2D eigenvalue weighted by atomic mass is 10.1. The van der Waals surface area contributed by atoms with Crippen LogP contribution in [0.25, 0.3) is 0 Å². The molecule has 0 spiro atoms. The minimum Gasteiger partial charge on any atom is -0.350 e. The fourth-order valence-electron chi connectivity index (χ4n) is 1.76. The van der Waals surface area contributed by atoms with E-state index in [4.69, 9.17) is 10.7 Å². The first-order valence-electron chi connectivity index (χ1n) is 6.41. The lowest BCUT2D eigenvalue weighted by molar-refractivity contribution is 0.0937.